The van der Waals surface area contributed by atoms with Gasteiger partial charge in [-0.1, -0.05) is 13.3 Å². The Kier molecular flexibility index (Phi) is 1.17. The molecule has 1 fully saturated rings. The van der Waals surface area contributed by atoms with E-state index >= 15 is 0 Å². The summed E-state index contributed by atoms with van der Waals surface area (Å²) in [6.45, 7) is 1.90. The van der Waals surface area contributed by atoms with Crippen molar-refractivity contribution in [2.24, 2.45) is 5.73 Å². The minimum Gasteiger partial charge on any atom is -0.312 e. The Bertz CT molecular complexity index is 160. The molecule has 3 heteroatoms. The van der Waals surface area contributed by atoms with E-state index in [1.165, 1.54) is 0 Å². The number of nitrogens with two attached hydrogens (primary N) is 1. The van der Waals surface area contributed by atoms with Crippen LogP contribution in [0, 0.1) is 0 Å². The molecule has 0 aromatic rings. The quantitative estimate of drug-likeness (QED) is 0.407. The van der Waals surface area contributed by atoms with Crippen molar-refractivity contribution in [2.75, 3.05) is 0 Å². The van der Waals surface area contributed by atoms with Gasteiger partial charge in [0, 0.05) is 0 Å². The maximum Gasteiger partial charge on any atom is 0.228 e. The Labute approximate surface area is 53.2 Å². The maximum absolute atomic E-state index is 10.5. The van der Waals surface area contributed by atoms with Gasteiger partial charge in [0.25, 0.3) is 0 Å². The van der Waals surface area contributed by atoms with Crippen molar-refractivity contribution in [1.29, 1.82) is 0 Å². The molecule has 1 aliphatic rings. The van der Waals surface area contributed by atoms with Gasteiger partial charge in [0.15, 0.2) is 0 Å². The van der Waals surface area contributed by atoms with Crippen molar-refractivity contribution in [3.63, 3.8) is 0 Å². The fourth-order valence-corrected chi connectivity index (χ4v) is 0.905. The van der Waals surface area contributed by atoms with Crippen LogP contribution in [0.3, 0.4) is 0 Å². The second-order valence-corrected chi connectivity index (χ2v) is 2.38. The summed E-state index contributed by atoms with van der Waals surface area (Å²) in [5, 5.41) is 0. The van der Waals surface area contributed by atoms with E-state index in [0.29, 0.717) is 6.42 Å². The standard InChI is InChI=1S/C6H9NO2/c1-2-3-6(7)4(8)5(6)9/h2-3,7H2,1H3. The first kappa shape index (κ1) is 6.42. The molecule has 9 heavy (non-hydrogen) atoms. The highest BCUT2D eigenvalue weighted by Gasteiger charge is 2.61. The van der Waals surface area contributed by atoms with Crippen LogP contribution >= 0.6 is 0 Å². The molecule has 0 radical (unpaired) electrons. The normalized spacial score (nSPS) is 22.4. The predicted octanol–water partition coefficient (Wildman–Crippen LogP) is -0.364. The van der Waals surface area contributed by atoms with E-state index in [2.05, 4.69) is 0 Å². The first-order chi connectivity index (χ1) is 4.13. The van der Waals surface area contributed by atoms with Gasteiger partial charge in [0.05, 0.1) is 0 Å². The summed E-state index contributed by atoms with van der Waals surface area (Å²) in [5.41, 5.74) is 4.28. The van der Waals surface area contributed by atoms with Gasteiger partial charge in [-0.2, -0.15) is 0 Å². The molecular weight excluding hydrogens is 118 g/mol. The van der Waals surface area contributed by atoms with E-state index in [0.717, 1.165) is 6.42 Å². The lowest BCUT2D eigenvalue weighted by molar-refractivity contribution is -0.122. The Morgan fingerprint density at radius 1 is 1.44 bits per heavy atom. The molecule has 0 aromatic heterocycles. The topological polar surface area (TPSA) is 60.2 Å². The van der Waals surface area contributed by atoms with Crippen LogP contribution < -0.4 is 5.73 Å². The molecule has 0 unspecified atom stereocenters. The highest BCUT2D eigenvalue weighted by Crippen LogP contribution is 2.27. The number of hydrogen-bond acceptors (Lipinski definition) is 3. The van der Waals surface area contributed by atoms with E-state index in [4.69, 9.17) is 5.73 Å². The predicted molar refractivity (Wildman–Crippen MR) is 31.8 cm³/mol. The lowest BCUT2D eigenvalue weighted by Crippen LogP contribution is -2.26. The first-order valence-electron chi connectivity index (χ1n) is 3.01. The molecule has 0 amide bonds. The van der Waals surface area contributed by atoms with Gasteiger partial charge < -0.3 is 5.73 Å². The number of carbonyl (C=O) groups excluding carboxylic acids is 2. The lowest BCUT2D eigenvalue weighted by atomic mass is 10.1. The molecule has 0 saturated heterocycles. The van der Waals surface area contributed by atoms with Crippen LogP contribution in [-0.4, -0.2) is 17.1 Å². The van der Waals surface area contributed by atoms with Crippen molar-refractivity contribution in [3.05, 3.63) is 0 Å². The van der Waals surface area contributed by atoms with Crippen LogP contribution in [0.4, 0.5) is 0 Å². The molecule has 0 aromatic carbocycles. The minimum absolute atomic E-state index is 0.399. The summed E-state index contributed by atoms with van der Waals surface area (Å²) in [6, 6.07) is 0. The molecule has 50 valence electrons. The fourth-order valence-electron chi connectivity index (χ4n) is 0.905. The number of ketones is 2. The number of Topliss-reactive ketones (excluding diaryl/α,β-unsaturated/α-hetero) is 2. The fraction of sp³-hybridized carbons (Fsp3) is 0.667. The Morgan fingerprint density at radius 2 is 1.89 bits per heavy atom. The maximum atomic E-state index is 10.5. The monoisotopic (exact) mass is 127 g/mol. The molecule has 0 bridgehead atoms. The summed E-state index contributed by atoms with van der Waals surface area (Å²) < 4.78 is 0. The summed E-state index contributed by atoms with van der Waals surface area (Å²) in [5.74, 6) is -0.797. The van der Waals surface area contributed by atoms with Gasteiger partial charge in [-0.15, -0.1) is 0 Å². The minimum atomic E-state index is -1.06. The summed E-state index contributed by atoms with van der Waals surface area (Å²) in [4.78, 5) is 20.9. The number of hydrogen-bond donors (Lipinski definition) is 1. The molecule has 0 heterocycles. The zero-order valence-electron chi connectivity index (χ0n) is 5.31. The highest BCUT2D eigenvalue weighted by molar-refractivity contribution is 6.66. The van der Waals surface area contributed by atoms with Gasteiger partial charge in [-0.25, -0.2) is 0 Å². The zero-order chi connectivity index (χ0) is 7.07. The summed E-state index contributed by atoms with van der Waals surface area (Å²) in [7, 11) is 0. The van der Waals surface area contributed by atoms with E-state index in [1.807, 2.05) is 6.92 Å². The smallest absolute Gasteiger partial charge is 0.228 e. The second kappa shape index (κ2) is 1.64. The number of rotatable bonds is 2. The number of carbonyl (C=O) groups is 2. The van der Waals surface area contributed by atoms with E-state index in [1.54, 1.807) is 0 Å². The summed E-state index contributed by atoms with van der Waals surface area (Å²) >= 11 is 0. The summed E-state index contributed by atoms with van der Waals surface area (Å²) in [6.07, 6.45) is 1.29. The Hall–Kier alpha value is -0.700. The van der Waals surface area contributed by atoms with Gasteiger partial charge >= 0.3 is 0 Å². The van der Waals surface area contributed by atoms with Gasteiger partial charge in [0.2, 0.25) is 11.6 Å². The molecule has 1 rings (SSSR count). The molecular formula is C6H9NO2. The van der Waals surface area contributed by atoms with Gasteiger partial charge in [-0.3, -0.25) is 9.59 Å². The van der Waals surface area contributed by atoms with Crippen molar-refractivity contribution >= 4 is 11.6 Å². The zero-order valence-corrected chi connectivity index (χ0v) is 5.31. The highest BCUT2D eigenvalue weighted by atomic mass is 16.2. The van der Waals surface area contributed by atoms with E-state index in [-0.39, 0.29) is 0 Å². The molecule has 0 atom stereocenters. The van der Waals surface area contributed by atoms with E-state index < -0.39 is 17.1 Å². The molecule has 1 aliphatic carbocycles. The molecule has 2 N–H and O–H groups in total. The van der Waals surface area contributed by atoms with Crippen molar-refractivity contribution in [3.8, 4) is 0 Å². The van der Waals surface area contributed by atoms with Crippen LogP contribution in [0.25, 0.3) is 0 Å². The van der Waals surface area contributed by atoms with Crippen LogP contribution in [0.2, 0.25) is 0 Å². The van der Waals surface area contributed by atoms with Gasteiger partial charge in [-0.05, 0) is 6.42 Å². The van der Waals surface area contributed by atoms with Crippen molar-refractivity contribution < 1.29 is 9.59 Å². The lowest BCUT2D eigenvalue weighted by Gasteiger charge is -1.96. The van der Waals surface area contributed by atoms with Crippen LogP contribution in [0.1, 0.15) is 19.8 Å². The van der Waals surface area contributed by atoms with Crippen LogP contribution in [0.5, 0.6) is 0 Å². The molecule has 0 aliphatic heterocycles. The van der Waals surface area contributed by atoms with Crippen LogP contribution in [0.15, 0.2) is 0 Å². The molecule has 0 spiro atoms. The largest absolute Gasteiger partial charge is 0.312 e. The Morgan fingerprint density at radius 3 is 2.00 bits per heavy atom. The van der Waals surface area contributed by atoms with E-state index in [9.17, 15) is 9.59 Å². The van der Waals surface area contributed by atoms with Crippen LogP contribution in [-0.2, 0) is 9.59 Å². The third kappa shape index (κ3) is 0.685. The SMILES string of the molecule is CCCC1(N)C(=O)C1=O. The Balaban J connectivity index is 2.60. The molecule has 1 saturated carbocycles. The average Bonchev–Trinajstić information content (AvgIpc) is 2.22. The molecule has 3 nitrogen and oxygen atoms in total. The van der Waals surface area contributed by atoms with Crippen molar-refractivity contribution in [1.82, 2.24) is 0 Å². The third-order valence-corrected chi connectivity index (χ3v) is 1.60. The van der Waals surface area contributed by atoms with Crippen molar-refractivity contribution in [2.45, 2.75) is 25.3 Å². The average molecular weight is 127 g/mol. The van der Waals surface area contributed by atoms with Gasteiger partial charge in [0.1, 0.15) is 5.54 Å². The second-order valence-electron chi connectivity index (χ2n) is 2.38. The first-order valence-corrected chi connectivity index (χ1v) is 3.01. The third-order valence-electron chi connectivity index (χ3n) is 1.60.